The molecule has 1 N–H and O–H groups in total. The molecule has 0 aliphatic heterocycles. The van der Waals surface area contributed by atoms with Crippen molar-refractivity contribution in [2.75, 3.05) is 6.54 Å². The van der Waals surface area contributed by atoms with Crippen LogP contribution in [0.2, 0.25) is 0 Å². The SMILES string of the molecule is CC(CCn1cccn1)NCC1CC1. The second kappa shape index (κ2) is 4.60. The van der Waals surface area contributed by atoms with Gasteiger partial charge in [-0.25, -0.2) is 0 Å². The Bertz CT molecular complexity index is 252. The molecular weight excluding hydrogens is 174 g/mol. The minimum atomic E-state index is 0.611. The summed E-state index contributed by atoms with van der Waals surface area (Å²) in [6.07, 6.45) is 7.88. The van der Waals surface area contributed by atoms with Crippen molar-refractivity contribution in [3.05, 3.63) is 18.5 Å². The van der Waals surface area contributed by atoms with Gasteiger partial charge in [-0.05, 0) is 44.7 Å². The molecule has 1 aliphatic carbocycles. The van der Waals surface area contributed by atoms with E-state index in [2.05, 4.69) is 17.3 Å². The fourth-order valence-corrected chi connectivity index (χ4v) is 1.55. The van der Waals surface area contributed by atoms with Crippen molar-refractivity contribution in [2.45, 2.75) is 38.8 Å². The third-order valence-corrected chi connectivity index (χ3v) is 2.80. The molecule has 1 unspecified atom stereocenters. The summed E-state index contributed by atoms with van der Waals surface area (Å²) >= 11 is 0. The lowest BCUT2D eigenvalue weighted by Gasteiger charge is -2.13. The molecule has 3 heteroatoms. The first-order valence-corrected chi connectivity index (χ1v) is 5.55. The number of hydrogen-bond donors (Lipinski definition) is 1. The second-order valence-electron chi connectivity index (χ2n) is 4.31. The Morgan fingerprint density at radius 2 is 2.43 bits per heavy atom. The van der Waals surface area contributed by atoms with Crippen LogP contribution in [0.15, 0.2) is 18.5 Å². The van der Waals surface area contributed by atoms with Crippen LogP contribution in [0.5, 0.6) is 0 Å². The van der Waals surface area contributed by atoms with Crippen LogP contribution in [-0.4, -0.2) is 22.4 Å². The Hall–Kier alpha value is -0.830. The fourth-order valence-electron chi connectivity index (χ4n) is 1.55. The summed E-state index contributed by atoms with van der Waals surface area (Å²) < 4.78 is 2.00. The molecule has 1 aromatic heterocycles. The number of hydrogen-bond acceptors (Lipinski definition) is 2. The third kappa shape index (κ3) is 3.14. The van der Waals surface area contributed by atoms with Crippen LogP contribution in [0.4, 0.5) is 0 Å². The maximum atomic E-state index is 4.18. The number of aromatic nitrogens is 2. The van der Waals surface area contributed by atoms with Crippen molar-refractivity contribution in [1.82, 2.24) is 15.1 Å². The van der Waals surface area contributed by atoms with Gasteiger partial charge in [0.25, 0.3) is 0 Å². The van der Waals surface area contributed by atoms with E-state index in [9.17, 15) is 0 Å². The predicted molar refractivity (Wildman–Crippen MR) is 57.0 cm³/mol. The average Bonchev–Trinajstić information content (AvgIpc) is 2.87. The van der Waals surface area contributed by atoms with Gasteiger partial charge in [0.05, 0.1) is 0 Å². The molecule has 0 radical (unpaired) electrons. The van der Waals surface area contributed by atoms with Crippen LogP contribution in [0.25, 0.3) is 0 Å². The van der Waals surface area contributed by atoms with E-state index in [0.29, 0.717) is 6.04 Å². The van der Waals surface area contributed by atoms with Gasteiger partial charge < -0.3 is 5.32 Å². The van der Waals surface area contributed by atoms with E-state index in [0.717, 1.165) is 18.9 Å². The molecule has 3 nitrogen and oxygen atoms in total. The smallest absolute Gasteiger partial charge is 0.0489 e. The van der Waals surface area contributed by atoms with Crippen molar-refractivity contribution in [3.8, 4) is 0 Å². The normalized spacial score (nSPS) is 18.4. The van der Waals surface area contributed by atoms with E-state index >= 15 is 0 Å². The zero-order valence-corrected chi connectivity index (χ0v) is 8.82. The highest BCUT2D eigenvalue weighted by atomic mass is 15.3. The second-order valence-corrected chi connectivity index (χ2v) is 4.31. The van der Waals surface area contributed by atoms with E-state index in [-0.39, 0.29) is 0 Å². The number of nitrogens with zero attached hydrogens (tertiary/aromatic N) is 2. The van der Waals surface area contributed by atoms with Crippen molar-refractivity contribution in [3.63, 3.8) is 0 Å². The van der Waals surface area contributed by atoms with Crippen LogP contribution in [0.3, 0.4) is 0 Å². The topological polar surface area (TPSA) is 29.9 Å². The van der Waals surface area contributed by atoms with Crippen LogP contribution in [0.1, 0.15) is 26.2 Å². The molecule has 0 aromatic carbocycles. The molecule has 0 bridgehead atoms. The molecule has 1 fully saturated rings. The standard InChI is InChI=1S/C11H19N3/c1-10(12-9-11-3-4-11)5-8-14-7-2-6-13-14/h2,6-7,10-12H,3-5,8-9H2,1H3. The molecular formula is C11H19N3. The van der Waals surface area contributed by atoms with Gasteiger partial charge in [-0.15, -0.1) is 0 Å². The maximum absolute atomic E-state index is 4.18. The minimum absolute atomic E-state index is 0.611. The van der Waals surface area contributed by atoms with Crippen molar-refractivity contribution in [1.29, 1.82) is 0 Å². The summed E-state index contributed by atoms with van der Waals surface area (Å²) in [6.45, 7) is 4.48. The lowest BCUT2D eigenvalue weighted by Crippen LogP contribution is -2.29. The van der Waals surface area contributed by atoms with E-state index in [1.54, 1.807) is 0 Å². The Morgan fingerprint density at radius 3 is 3.07 bits per heavy atom. The summed E-state index contributed by atoms with van der Waals surface area (Å²) in [6, 6.07) is 2.59. The number of aryl methyl sites for hydroxylation is 1. The highest BCUT2D eigenvalue weighted by molar-refractivity contribution is 4.79. The largest absolute Gasteiger partial charge is 0.314 e. The van der Waals surface area contributed by atoms with Gasteiger partial charge in [0.1, 0.15) is 0 Å². The first kappa shape index (κ1) is 9.71. The van der Waals surface area contributed by atoms with Gasteiger partial charge in [-0.3, -0.25) is 4.68 Å². The number of rotatable bonds is 6. The monoisotopic (exact) mass is 193 g/mol. The molecule has 78 valence electrons. The van der Waals surface area contributed by atoms with Crippen molar-refractivity contribution >= 4 is 0 Å². The summed E-state index contributed by atoms with van der Waals surface area (Å²) in [4.78, 5) is 0. The first-order chi connectivity index (χ1) is 6.84. The van der Waals surface area contributed by atoms with Gasteiger partial charge in [-0.1, -0.05) is 0 Å². The van der Waals surface area contributed by atoms with Gasteiger partial charge >= 0.3 is 0 Å². The van der Waals surface area contributed by atoms with E-state index in [1.165, 1.54) is 19.4 Å². The zero-order chi connectivity index (χ0) is 9.80. The zero-order valence-electron chi connectivity index (χ0n) is 8.82. The molecule has 2 rings (SSSR count). The Morgan fingerprint density at radius 1 is 1.57 bits per heavy atom. The first-order valence-electron chi connectivity index (χ1n) is 5.55. The molecule has 0 spiro atoms. The molecule has 1 aromatic rings. The Balaban J connectivity index is 1.59. The Labute approximate surface area is 85.5 Å². The molecule has 1 saturated carbocycles. The summed E-state index contributed by atoms with van der Waals surface area (Å²) in [5.41, 5.74) is 0. The molecule has 1 aliphatic rings. The fraction of sp³-hybridized carbons (Fsp3) is 0.727. The van der Waals surface area contributed by atoms with Crippen LogP contribution >= 0.6 is 0 Å². The Kier molecular flexibility index (Phi) is 3.19. The van der Waals surface area contributed by atoms with Crippen molar-refractivity contribution in [2.24, 2.45) is 5.92 Å². The summed E-state index contributed by atoms with van der Waals surface area (Å²) in [5, 5.41) is 7.75. The predicted octanol–water partition coefficient (Wildman–Crippen LogP) is 1.66. The van der Waals surface area contributed by atoms with Crippen LogP contribution in [0, 0.1) is 5.92 Å². The van der Waals surface area contributed by atoms with E-state index in [4.69, 9.17) is 0 Å². The molecule has 1 atom stereocenters. The highest BCUT2D eigenvalue weighted by Crippen LogP contribution is 2.27. The van der Waals surface area contributed by atoms with Crippen molar-refractivity contribution < 1.29 is 0 Å². The summed E-state index contributed by atoms with van der Waals surface area (Å²) in [7, 11) is 0. The summed E-state index contributed by atoms with van der Waals surface area (Å²) in [5.74, 6) is 0.974. The van der Waals surface area contributed by atoms with Crippen LogP contribution in [-0.2, 0) is 6.54 Å². The lowest BCUT2D eigenvalue weighted by atomic mass is 10.2. The quantitative estimate of drug-likeness (QED) is 0.744. The maximum Gasteiger partial charge on any atom is 0.0489 e. The van der Waals surface area contributed by atoms with Gasteiger partial charge in [-0.2, -0.15) is 5.10 Å². The molecule has 14 heavy (non-hydrogen) atoms. The highest BCUT2D eigenvalue weighted by Gasteiger charge is 2.21. The van der Waals surface area contributed by atoms with E-state index < -0.39 is 0 Å². The van der Waals surface area contributed by atoms with Gasteiger partial charge in [0, 0.05) is 25.0 Å². The minimum Gasteiger partial charge on any atom is -0.314 e. The van der Waals surface area contributed by atoms with Gasteiger partial charge in [0.2, 0.25) is 0 Å². The van der Waals surface area contributed by atoms with Gasteiger partial charge in [0.15, 0.2) is 0 Å². The molecule has 0 amide bonds. The molecule has 0 saturated heterocycles. The van der Waals surface area contributed by atoms with E-state index in [1.807, 2.05) is 23.1 Å². The van der Waals surface area contributed by atoms with Crippen LogP contribution < -0.4 is 5.32 Å². The lowest BCUT2D eigenvalue weighted by molar-refractivity contribution is 0.451. The average molecular weight is 193 g/mol. The molecule has 1 heterocycles. The number of nitrogens with one attached hydrogen (secondary N) is 1. The third-order valence-electron chi connectivity index (χ3n) is 2.80.